The molecule has 37 heavy (non-hydrogen) atoms. The third kappa shape index (κ3) is 7.22. The molecule has 2 N–H and O–H groups in total. The summed E-state index contributed by atoms with van der Waals surface area (Å²) in [6.07, 6.45) is 0.316. The van der Waals surface area contributed by atoms with E-state index >= 15 is 0 Å². The summed E-state index contributed by atoms with van der Waals surface area (Å²) in [5, 5.41) is 9.76. The van der Waals surface area contributed by atoms with Gasteiger partial charge in [0.25, 0.3) is 0 Å². The van der Waals surface area contributed by atoms with E-state index in [0.717, 1.165) is 11.8 Å². The third-order valence-electron chi connectivity index (χ3n) is 6.39. The number of hydrogen-bond donors (Lipinski definition) is 2. The molecule has 2 aromatic rings. The van der Waals surface area contributed by atoms with Crippen molar-refractivity contribution in [2.24, 2.45) is 5.92 Å². The lowest BCUT2D eigenvalue weighted by Gasteiger charge is -2.33. The van der Waals surface area contributed by atoms with Gasteiger partial charge in [-0.05, 0) is 44.2 Å². The highest BCUT2D eigenvalue weighted by Crippen LogP contribution is 2.30. The van der Waals surface area contributed by atoms with Gasteiger partial charge in [-0.3, -0.25) is 9.52 Å². The van der Waals surface area contributed by atoms with E-state index in [1.807, 2.05) is 13.8 Å². The highest BCUT2D eigenvalue weighted by atomic mass is 32.2. The molecule has 204 valence electrons. The number of nitrogens with zero attached hydrogens (tertiary/aromatic N) is 2. The standard InChI is InChI=1S/C25H35N3O7S2/c1-17-6-9-22(10-7-17)37(33,34)27(4)15-24-18(2)14-28(19(3)16-29)25(30)13-20-12-21(26-36(5,31)32)8-11-23(20)35-24/h6-12,18-19,24,26,29H,13-16H2,1-5H3/t18-,19+,24+/m0/s1. The van der Waals surface area contributed by atoms with Gasteiger partial charge in [-0.25, -0.2) is 16.8 Å². The number of nitrogens with one attached hydrogen (secondary N) is 1. The van der Waals surface area contributed by atoms with E-state index in [4.69, 9.17) is 4.74 Å². The molecule has 0 aliphatic carbocycles. The van der Waals surface area contributed by atoms with Crippen LogP contribution in [0.1, 0.15) is 25.0 Å². The van der Waals surface area contributed by atoms with Crippen molar-refractivity contribution >= 4 is 31.6 Å². The molecule has 0 spiro atoms. The Morgan fingerprint density at radius 2 is 1.81 bits per heavy atom. The van der Waals surface area contributed by atoms with Gasteiger partial charge in [0.05, 0.1) is 36.8 Å². The van der Waals surface area contributed by atoms with Crippen LogP contribution in [0.5, 0.6) is 5.75 Å². The van der Waals surface area contributed by atoms with Gasteiger partial charge in [0.1, 0.15) is 11.9 Å². The van der Waals surface area contributed by atoms with Crippen LogP contribution in [0, 0.1) is 12.8 Å². The third-order valence-corrected chi connectivity index (χ3v) is 8.83. The summed E-state index contributed by atoms with van der Waals surface area (Å²) in [6, 6.07) is 10.8. The SMILES string of the molecule is Cc1ccc(S(=O)(=O)N(C)C[C@H]2Oc3ccc(NS(C)(=O)=O)cc3CC(=O)N([C@H](C)CO)C[C@@H]2C)cc1. The fourth-order valence-electron chi connectivity index (χ4n) is 4.17. The van der Waals surface area contributed by atoms with Crippen molar-refractivity contribution in [3.05, 3.63) is 53.6 Å². The van der Waals surface area contributed by atoms with E-state index in [-0.39, 0.29) is 48.5 Å². The van der Waals surface area contributed by atoms with Crippen molar-refractivity contribution in [2.45, 2.75) is 44.2 Å². The van der Waals surface area contributed by atoms with Crippen LogP contribution in [-0.4, -0.2) is 82.2 Å². The second kappa shape index (κ2) is 11.4. The topological polar surface area (TPSA) is 133 Å². The molecule has 0 fully saturated rings. The molecule has 0 bridgehead atoms. The molecular weight excluding hydrogens is 518 g/mol. The highest BCUT2D eigenvalue weighted by Gasteiger charge is 2.33. The quantitative estimate of drug-likeness (QED) is 0.510. The lowest BCUT2D eigenvalue weighted by Crippen LogP contribution is -2.48. The summed E-state index contributed by atoms with van der Waals surface area (Å²) in [4.78, 5) is 15.0. The number of amides is 1. The molecule has 3 rings (SSSR count). The molecule has 0 aromatic heterocycles. The lowest BCUT2D eigenvalue weighted by atomic mass is 10.0. The summed E-state index contributed by atoms with van der Waals surface area (Å²) in [7, 11) is -5.86. The summed E-state index contributed by atoms with van der Waals surface area (Å²) in [5.74, 6) is -0.187. The number of carbonyl (C=O) groups excluding carboxylic acids is 1. The molecule has 0 saturated carbocycles. The Balaban J connectivity index is 1.99. The van der Waals surface area contributed by atoms with E-state index in [0.29, 0.717) is 11.3 Å². The van der Waals surface area contributed by atoms with Crippen LogP contribution in [0.15, 0.2) is 47.4 Å². The molecule has 3 atom stereocenters. The van der Waals surface area contributed by atoms with Crippen molar-refractivity contribution in [1.29, 1.82) is 0 Å². The molecule has 10 nitrogen and oxygen atoms in total. The van der Waals surface area contributed by atoms with Crippen LogP contribution < -0.4 is 9.46 Å². The number of aryl methyl sites for hydroxylation is 1. The average molecular weight is 554 g/mol. The number of benzene rings is 2. The van der Waals surface area contributed by atoms with Gasteiger partial charge in [0.2, 0.25) is 26.0 Å². The van der Waals surface area contributed by atoms with Gasteiger partial charge in [-0.2, -0.15) is 4.31 Å². The van der Waals surface area contributed by atoms with Gasteiger partial charge in [-0.1, -0.05) is 24.6 Å². The number of aliphatic hydroxyl groups excluding tert-OH is 1. The predicted octanol–water partition coefficient (Wildman–Crippen LogP) is 1.84. The van der Waals surface area contributed by atoms with Gasteiger partial charge >= 0.3 is 0 Å². The molecule has 1 amide bonds. The first-order valence-corrected chi connectivity index (χ1v) is 15.2. The monoisotopic (exact) mass is 553 g/mol. The van der Waals surface area contributed by atoms with Gasteiger partial charge in [0, 0.05) is 30.8 Å². The zero-order valence-electron chi connectivity index (χ0n) is 21.7. The summed E-state index contributed by atoms with van der Waals surface area (Å²) in [6.45, 7) is 5.48. The molecule has 0 unspecified atom stereocenters. The van der Waals surface area contributed by atoms with Crippen LogP contribution in [0.4, 0.5) is 5.69 Å². The first kappa shape index (κ1) is 28.9. The number of carbonyl (C=O) groups is 1. The molecule has 0 radical (unpaired) electrons. The minimum atomic E-state index is -3.80. The lowest BCUT2D eigenvalue weighted by molar-refractivity contribution is -0.134. The number of fused-ring (bicyclic) bond motifs is 1. The average Bonchev–Trinajstić information content (AvgIpc) is 2.85. The maximum absolute atomic E-state index is 13.2. The Morgan fingerprint density at radius 3 is 2.41 bits per heavy atom. The summed E-state index contributed by atoms with van der Waals surface area (Å²) < 4.78 is 59.9. The van der Waals surface area contributed by atoms with E-state index in [9.17, 15) is 26.7 Å². The van der Waals surface area contributed by atoms with E-state index in [1.165, 1.54) is 23.5 Å². The van der Waals surface area contributed by atoms with Crippen molar-refractivity contribution < 1.29 is 31.5 Å². The van der Waals surface area contributed by atoms with Crippen LogP contribution in [-0.2, 0) is 31.3 Å². The molecule has 12 heteroatoms. The minimum absolute atomic E-state index is 0.00962. The minimum Gasteiger partial charge on any atom is -0.488 e. The zero-order chi connectivity index (χ0) is 27.5. The molecule has 0 saturated heterocycles. The highest BCUT2D eigenvalue weighted by molar-refractivity contribution is 7.92. The Hall–Kier alpha value is -2.67. The number of likely N-dealkylation sites (N-methyl/N-ethyl adjacent to an activating group) is 1. The Bertz CT molecular complexity index is 1330. The predicted molar refractivity (Wildman–Crippen MR) is 141 cm³/mol. The van der Waals surface area contributed by atoms with E-state index < -0.39 is 32.2 Å². The van der Waals surface area contributed by atoms with Crippen LogP contribution in [0.25, 0.3) is 0 Å². The van der Waals surface area contributed by atoms with E-state index in [1.54, 1.807) is 42.2 Å². The number of anilines is 1. The fourth-order valence-corrected chi connectivity index (χ4v) is 5.90. The Morgan fingerprint density at radius 1 is 1.16 bits per heavy atom. The summed E-state index contributed by atoms with van der Waals surface area (Å²) in [5.41, 5.74) is 1.68. The number of sulfonamides is 2. The fraction of sp³-hybridized carbons (Fsp3) is 0.480. The normalized spacial score (nSPS) is 19.9. The van der Waals surface area contributed by atoms with Crippen molar-refractivity contribution in [2.75, 3.05) is 37.7 Å². The van der Waals surface area contributed by atoms with Crippen molar-refractivity contribution in [3.8, 4) is 5.75 Å². The molecular formula is C25H35N3O7S2. The molecule has 1 heterocycles. The largest absolute Gasteiger partial charge is 0.488 e. The smallest absolute Gasteiger partial charge is 0.242 e. The maximum Gasteiger partial charge on any atom is 0.242 e. The first-order valence-electron chi connectivity index (χ1n) is 11.9. The number of hydrogen-bond acceptors (Lipinski definition) is 7. The molecule has 1 aliphatic heterocycles. The van der Waals surface area contributed by atoms with Gasteiger partial charge < -0.3 is 14.7 Å². The van der Waals surface area contributed by atoms with Crippen LogP contribution in [0.3, 0.4) is 0 Å². The first-order chi connectivity index (χ1) is 17.2. The second-order valence-electron chi connectivity index (χ2n) is 9.68. The van der Waals surface area contributed by atoms with E-state index in [2.05, 4.69) is 4.72 Å². The summed E-state index contributed by atoms with van der Waals surface area (Å²) >= 11 is 0. The second-order valence-corrected chi connectivity index (χ2v) is 13.5. The van der Waals surface area contributed by atoms with Crippen molar-refractivity contribution in [1.82, 2.24) is 9.21 Å². The zero-order valence-corrected chi connectivity index (χ0v) is 23.3. The molecule has 2 aromatic carbocycles. The Kier molecular flexibility index (Phi) is 8.89. The number of aliphatic hydroxyl groups is 1. The number of rotatable bonds is 8. The van der Waals surface area contributed by atoms with Crippen LogP contribution >= 0.6 is 0 Å². The van der Waals surface area contributed by atoms with Gasteiger partial charge in [-0.15, -0.1) is 0 Å². The Labute approximate surface area is 219 Å². The van der Waals surface area contributed by atoms with Crippen molar-refractivity contribution in [3.63, 3.8) is 0 Å². The maximum atomic E-state index is 13.2. The number of ether oxygens (including phenoxy) is 1. The molecule has 1 aliphatic rings. The van der Waals surface area contributed by atoms with Crippen LogP contribution in [0.2, 0.25) is 0 Å². The van der Waals surface area contributed by atoms with Gasteiger partial charge in [0.15, 0.2) is 0 Å².